The van der Waals surface area contributed by atoms with E-state index < -0.39 is 12.0 Å². The number of pyridine rings is 1. The van der Waals surface area contributed by atoms with Crippen molar-refractivity contribution in [3.63, 3.8) is 0 Å². The van der Waals surface area contributed by atoms with E-state index in [4.69, 9.17) is 4.74 Å². The Morgan fingerprint density at radius 3 is 2.63 bits per heavy atom. The van der Waals surface area contributed by atoms with E-state index in [9.17, 15) is 14.7 Å². The molecule has 2 fully saturated rings. The molecule has 1 amide bonds. The summed E-state index contributed by atoms with van der Waals surface area (Å²) in [4.78, 5) is 30.6. The standard InChI is InChI=1S/C21H22N2O4/c24-20(23-18-7-2-1-4-14(18)13-19(23)21(25)26)15-5-3-6-17(12-15)27-16-8-10-22-11-9-16/h3,5-6,8-12,14,18-19H,1-2,4,7,13H2,(H,25,26). The third-order valence-electron chi connectivity index (χ3n) is 5.57. The fraction of sp³-hybridized carbons (Fsp3) is 0.381. The Balaban J connectivity index is 1.59. The molecule has 0 spiro atoms. The van der Waals surface area contributed by atoms with Gasteiger partial charge in [-0.25, -0.2) is 4.79 Å². The van der Waals surface area contributed by atoms with Crippen LogP contribution in [0.25, 0.3) is 0 Å². The number of ether oxygens (including phenoxy) is 1. The first kappa shape index (κ1) is 17.5. The Bertz CT molecular complexity index is 839. The second kappa shape index (κ2) is 7.39. The van der Waals surface area contributed by atoms with Gasteiger partial charge in [0.1, 0.15) is 17.5 Å². The molecule has 6 heteroatoms. The summed E-state index contributed by atoms with van der Waals surface area (Å²) in [6.07, 6.45) is 7.87. The van der Waals surface area contributed by atoms with E-state index in [1.807, 2.05) is 0 Å². The Kier molecular flexibility index (Phi) is 4.79. The number of benzene rings is 1. The molecule has 0 bridgehead atoms. The predicted octanol–water partition coefficient (Wildman–Crippen LogP) is 3.73. The Hall–Kier alpha value is -2.89. The highest BCUT2D eigenvalue weighted by molar-refractivity contribution is 5.97. The molecule has 1 aromatic heterocycles. The lowest BCUT2D eigenvalue weighted by molar-refractivity contribution is -0.141. The topological polar surface area (TPSA) is 79.7 Å². The number of hydrogen-bond acceptors (Lipinski definition) is 4. The van der Waals surface area contributed by atoms with Crippen molar-refractivity contribution in [3.05, 3.63) is 54.4 Å². The first-order valence-electron chi connectivity index (χ1n) is 9.37. The number of aromatic nitrogens is 1. The van der Waals surface area contributed by atoms with Crippen molar-refractivity contribution in [2.45, 2.75) is 44.2 Å². The van der Waals surface area contributed by atoms with Crippen LogP contribution in [0.3, 0.4) is 0 Å². The third-order valence-corrected chi connectivity index (χ3v) is 5.57. The van der Waals surface area contributed by atoms with Crippen molar-refractivity contribution in [1.82, 2.24) is 9.88 Å². The minimum Gasteiger partial charge on any atom is -0.480 e. The van der Waals surface area contributed by atoms with Crippen LogP contribution in [0.2, 0.25) is 0 Å². The number of nitrogens with zero attached hydrogens (tertiary/aromatic N) is 2. The van der Waals surface area contributed by atoms with Gasteiger partial charge in [-0.2, -0.15) is 0 Å². The molecule has 1 aromatic carbocycles. The van der Waals surface area contributed by atoms with Crippen molar-refractivity contribution in [2.24, 2.45) is 5.92 Å². The summed E-state index contributed by atoms with van der Waals surface area (Å²) >= 11 is 0. The van der Waals surface area contributed by atoms with Gasteiger partial charge in [-0.15, -0.1) is 0 Å². The number of amides is 1. The molecule has 140 valence electrons. The third kappa shape index (κ3) is 3.52. The van der Waals surface area contributed by atoms with Gasteiger partial charge in [0.25, 0.3) is 5.91 Å². The zero-order chi connectivity index (χ0) is 18.8. The minimum atomic E-state index is -0.915. The minimum absolute atomic E-state index is 0.0251. The second-order valence-corrected chi connectivity index (χ2v) is 7.23. The molecule has 1 aliphatic heterocycles. The predicted molar refractivity (Wildman–Crippen MR) is 98.7 cm³/mol. The van der Waals surface area contributed by atoms with Crippen LogP contribution in [0.4, 0.5) is 0 Å². The average molecular weight is 366 g/mol. The lowest BCUT2D eigenvalue weighted by Crippen LogP contribution is -2.46. The number of carbonyl (C=O) groups excluding carboxylic acids is 1. The van der Waals surface area contributed by atoms with Crippen LogP contribution < -0.4 is 4.74 Å². The average Bonchev–Trinajstić information content (AvgIpc) is 3.08. The number of carboxylic acid groups (broad SMARTS) is 1. The Labute approximate surface area is 157 Å². The maximum atomic E-state index is 13.2. The van der Waals surface area contributed by atoms with Crippen LogP contribution in [0.1, 0.15) is 42.5 Å². The van der Waals surface area contributed by atoms with Crippen molar-refractivity contribution in [3.8, 4) is 11.5 Å². The fourth-order valence-corrected chi connectivity index (χ4v) is 4.36. The first-order chi connectivity index (χ1) is 13.1. The van der Waals surface area contributed by atoms with Crippen LogP contribution in [0.5, 0.6) is 11.5 Å². The number of carboxylic acids is 1. The number of aliphatic carboxylic acids is 1. The van der Waals surface area contributed by atoms with Gasteiger partial charge < -0.3 is 14.7 Å². The molecular formula is C21H22N2O4. The number of carbonyl (C=O) groups is 2. The van der Waals surface area contributed by atoms with E-state index in [0.29, 0.717) is 29.4 Å². The molecule has 0 radical (unpaired) electrons. The number of fused-ring (bicyclic) bond motifs is 1. The largest absolute Gasteiger partial charge is 0.480 e. The van der Waals surface area contributed by atoms with Crippen molar-refractivity contribution in [2.75, 3.05) is 0 Å². The van der Waals surface area contributed by atoms with Crippen LogP contribution in [-0.4, -0.2) is 39.0 Å². The zero-order valence-corrected chi connectivity index (χ0v) is 15.0. The molecule has 3 unspecified atom stereocenters. The molecule has 2 aromatic rings. The number of rotatable bonds is 4. The highest BCUT2D eigenvalue weighted by Crippen LogP contribution is 2.40. The Morgan fingerprint density at radius 2 is 1.85 bits per heavy atom. The molecule has 4 rings (SSSR count). The van der Waals surface area contributed by atoms with Gasteiger partial charge in [-0.1, -0.05) is 18.9 Å². The van der Waals surface area contributed by atoms with Gasteiger partial charge in [0.05, 0.1) is 0 Å². The quantitative estimate of drug-likeness (QED) is 0.892. The van der Waals surface area contributed by atoms with Gasteiger partial charge in [0.15, 0.2) is 0 Å². The lowest BCUT2D eigenvalue weighted by atomic mass is 9.84. The smallest absolute Gasteiger partial charge is 0.326 e. The molecule has 6 nitrogen and oxygen atoms in total. The Morgan fingerprint density at radius 1 is 1.07 bits per heavy atom. The van der Waals surface area contributed by atoms with Crippen LogP contribution in [0.15, 0.2) is 48.8 Å². The molecule has 1 aliphatic carbocycles. The van der Waals surface area contributed by atoms with E-state index in [0.717, 1.165) is 25.7 Å². The van der Waals surface area contributed by atoms with E-state index in [1.165, 1.54) is 0 Å². The molecule has 2 heterocycles. The molecule has 3 atom stereocenters. The zero-order valence-electron chi connectivity index (χ0n) is 15.0. The molecule has 1 saturated carbocycles. The van der Waals surface area contributed by atoms with E-state index >= 15 is 0 Å². The summed E-state index contributed by atoms with van der Waals surface area (Å²) in [5.41, 5.74) is 0.457. The summed E-state index contributed by atoms with van der Waals surface area (Å²) in [6, 6.07) is 9.69. The summed E-state index contributed by atoms with van der Waals surface area (Å²) in [5, 5.41) is 9.65. The van der Waals surface area contributed by atoms with Gasteiger partial charge >= 0.3 is 5.97 Å². The van der Waals surface area contributed by atoms with Gasteiger partial charge in [0, 0.05) is 24.0 Å². The van der Waals surface area contributed by atoms with E-state index in [2.05, 4.69) is 4.98 Å². The van der Waals surface area contributed by atoms with Crippen molar-refractivity contribution in [1.29, 1.82) is 0 Å². The fourth-order valence-electron chi connectivity index (χ4n) is 4.36. The maximum absolute atomic E-state index is 13.2. The SMILES string of the molecule is O=C(O)C1CC2CCCCC2N1C(=O)c1cccc(Oc2ccncc2)c1. The summed E-state index contributed by atoms with van der Waals surface area (Å²) in [5.74, 6) is 0.323. The highest BCUT2D eigenvalue weighted by atomic mass is 16.5. The van der Waals surface area contributed by atoms with Gasteiger partial charge in [0.2, 0.25) is 0 Å². The molecule has 1 saturated heterocycles. The molecule has 27 heavy (non-hydrogen) atoms. The number of hydrogen-bond donors (Lipinski definition) is 1. The monoisotopic (exact) mass is 366 g/mol. The van der Waals surface area contributed by atoms with Gasteiger partial charge in [-0.05, 0) is 55.5 Å². The van der Waals surface area contributed by atoms with Gasteiger partial charge in [-0.3, -0.25) is 9.78 Å². The normalized spacial score (nSPS) is 24.3. The van der Waals surface area contributed by atoms with E-state index in [-0.39, 0.29) is 11.9 Å². The number of likely N-dealkylation sites (tertiary alicyclic amines) is 1. The van der Waals surface area contributed by atoms with E-state index in [1.54, 1.807) is 53.7 Å². The maximum Gasteiger partial charge on any atom is 0.326 e. The summed E-state index contributed by atoms with van der Waals surface area (Å²) in [6.45, 7) is 0. The first-order valence-corrected chi connectivity index (χ1v) is 9.37. The van der Waals surface area contributed by atoms with Crippen LogP contribution >= 0.6 is 0 Å². The second-order valence-electron chi connectivity index (χ2n) is 7.23. The summed E-state index contributed by atoms with van der Waals surface area (Å²) < 4.78 is 5.79. The van der Waals surface area contributed by atoms with Crippen molar-refractivity contribution < 1.29 is 19.4 Å². The highest BCUT2D eigenvalue weighted by Gasteiger charge is 2.47. The van der Waals surface area contributed by atoms with Crippen LogP contribution in [-0.2, 0) is 4.79 Å². The molecule has 2 aliphatic rings. The van der Waals surface area contributed by atoms with Crippen LogP contribution in [0, 0.1) is 5.92 Å². The summed E-state index contributed by atoms with van der Waals surface area (Å²) in [7, 11) is 0. The van der Waals surface area contributed by atoms with Crippen molar-refractivity contribution >= 4 is 11.9 Å². The molecule has 1 N–H and O–H groups in total. The lowest BCUT2D eigenvalue weighted by Gasteiger charge is -2.33. The molecular weight excluding hydrogens is 344 g/mol.